The average Bonchev–Trinajstić information content (AvgIpc) is 2.57. The molecule has 1 aliphatic carbocycles. The van der Waals surface area contributed by atoms with Crippen molar-refractivity contribution in [2.75, 3.05) is 6.54 Å². The molecule has 0 unspecified atom stereocenters. The summed E-state index contributed by atoms with van der Waals surface area (Å²) >= 11 is 5.21. The van der Waals surface area contributed by atoms with Gasteiger partial charge in [0.05, 0.1) is 4.88 Å². The molecule has 0 amide bonds. The van der Waals surface area contributed by atoms with Crippen molar-refractivity contribution in [2.45, 2.75) is 32.1 Å². The fraction of sp³-hybridized carbons (Fsp3) is 0.545. The summed E-state index contributed by atoms with van der Waals surface area (Å²) in [6.45, 7) is 0.438. The highest BCUT2D eigenvalue weighted by Crippen LogP contribution is 2.38. The van der Waals surface area contributed by atoms with Crippen LogP contribution >= 0.6 is 27.3 Å². The molecule has 1 aromatic rings. The van der Waals surface area contributed by atoms with Crippen LogP contribution in [0, 0.1) is 0 Å². The second-order valence-electron chi connectivity index (χ2n) is 3.82. The van der Waals surface area contributed by atoms with E-state index in [0.717, 1.165) is 22.2 Å². The number of rotatable bonds is 3. The third kappa shape index (κ3) is 2.17. The van der Waals surface area contributed by atoms with E-state index in [1.54, 1.807) is 11.3 Å². The molecule has 1 heterocycles. The van der Waals surface area contributed by atoms with Crippen molar-refractivity contribution >= 4 is 33.0 Å². The van der Waals surface area contributed by atoms with Crippen molar-refractivity contribution in [1.29, 1.82) is 0 Å². The van der Waals surface area contributed by atoms with Crippen LogP contribution in [0.15, 0.2) is 4.47 Å². The van der Waals surface area contributed by atoms with E-state index in [9.17, 15) is 4.79 Å². The Labute approximate surface area is 102 Å². The van der Waals surface area contributed by atoms with E-state index in [4.69, 9.17) is 5.73 Å². The van der Waals surface area contributed by atoms with Crippen LogP contribution < -0.4 is 5.73 Å². The Morgan fingerprint density at radius 1 is 1.40 bits per heavy atom. The average molecular weight is 288 g/mol. The van der Waals surface area contributed by atoms with E-state index in [-0.39, 0.29) is 5.78 Å². The maximum Gasteiger partial charge on any atom is 0.175 e. The lowest BCUT2D eigenvalue weighted by molar-refractivity contribution is 0.0988. The molecule has 0 spiro atoms. The van der Waals surface area contributed by atoms with Gasteiger partial charge in [-0.25, -0.2) is 0 Å². The van der Waals surface area contributed by atoms with Gasteiger partial charge in [-0.1, -0.05) is 0 Å². The standard InChI is InChI=1S/C11H14BrNOS/c12-10-7-3-1-2-4-9(7)15-11(10)8(14)5-6-13/h1-6,13H2. The first-order valence-electron chi connectivity index (χ1n) is 5.27. The molecule has 2 N–H and O–H groups in total. The zero-order valence-electron chi connectivity index (χ0n) is 8.51. The number of carbonyl (C=O) groups is 1. The topological polar surface area (TPSA) is 43.1 Å². The third-order valence-corrected chi connectivity index (χ3v) is 5.20. The molecule has 0 radical (unpaired) electrons. The van der Waals surface area contributed by atoms with Gasteiger partial charge >= 0.3 is 0 Å². The number of aryl methyl sites for hydroxylation is 1. The van der Waals surface area contributed by atoms with Crippen LogP contribution in [-0.4, -0.2) is 12.3 Å². The Morgan fingerprint density at radius 2 is 2.13 bits per heavy atom. The minimum Gasteiger partial charge on any atom is -0.330 e. The van der Waals surface area contributed by atoms with Gasteiger partial charge in [-0.15, -0.1) is 11.3 Å². The molecule has 1 aliphatic rings. The molecule has 0 atom stereocenters. The second kappa shape index (κ2) is 4.76. The first-order valence-corrected chi connectivity index (χ1v) is 6.88. The zero-order valence-corrected chi connectivity index (χ0v) is 10.9. The lowest BCUT2D eigenvalue weighted by Gasteiger charge is -2.09. The highest BCUT2D eigenvalue weighted by Gasteiger charge is 2.22. The van der Waals surface area contributed by atoms with Crippen LogP contribution in [0.4, 0.5) is 0 Å². The molecule has 82 valence electrons. The van der Waals surface area contributed by atoms with E-state index < -0.39 is 0 Å². The quantitative estimate of drug-likeness (QED) is 0.869. The van der Waals surface area contributed by atoms with Gasteiger partial charge in [-0.2, -0.15) is 0 Å². The number of carbonyl (C=O) groups excluding carboxylic acids is 1. The normalized spacial score (nSPS) is 15.1. The largest absolute Gasteiger partial charge is 0.330 e. The van der Waals surface area contributed by atoms with Gasteiger partial charge in [0.2, 0.25) is 0 Å². The number of Topliss-reactive ketones (excluding diaryl/α,β-unsaturated/α-hetero) is 1. The highest BCUT2D eigenvalue weighted by atomic mass is 79.9. The molecule has 0 fully saturated rings. The highest BCUT2D eigenvalue weighted by molar-refractivity contribution is 9.10. The van der Waals surface area contributed by atoms with E-state index in [2.05, 4.69) is 15.9 Å². The van der Waals surface area contributed by atoms with Crippen LogP contribution in [0.2, 0.25) is 0 Å². The molecule has 0 aromatic carbocycles. The number of thiophene rings is 1. The molecule has 1 aromatic heterocycles. The summed E-state index contributed by atoms with van der Waals surface area (Å²) in [5.41, 5.74) is 6.77. The Hall–Kier alpha value is -0.190. The number of hydrogen-bond acceptors (Lipinski definition) is 3. The SMILES string of the molecule is NCCC(=O)c1sc2c(c1Br)CCCC2. The molecular weight excluding hydrogens is 274 g/mol. The second-order valence-corrected chi connectivity index (χ2v) is 5.71. The summed E-state index contributed by atoms with van der Waals surface area (Å²) < 4.78 is 1.04. The van der Waals surface area contributed by atoms with Gasteiger partial charge in [-0.3, -0.25) is 4.79 Å². The number of ketones is 1. The minimum atomic E-state index is 0.184. The minimum absolute atomic E-state index is 0.184. The van der Waals surface area contributed by atoms with Crippen molar-refractivity contribution < 1.29 is 4.79 Å². The van der Waals surface area contributed by atoms with E-state index in [0.29, 0.717) is 13.0 Å². The monoisotopic (exact) mass is 287 g/mol. The van der Waals surface area contributed by atoms with Gasteiger partial charge in [-0.05, 0) is 53.7 Å². The first-order chi connectivity index (χ1) is 7.24. The maximum absolute atomic E-state index is 11.8. The summed E-state index contributed by atoms with van der Waals surface area (Å²) in [7, 11) is 0. The van der Waals surface area contributed by atoms with Gasteiger partial charge in [0.1, 0.15) is 0 Å². The van der Waals surface area contributed by atoms with Crippen LogP contribution in [0.1, 0.15) is 39.4 Å². The Balaban J connectivity index is 2.32. The zero-order chi connectivity index (χ0) is 10.8. The van der Waals surface area contributed by atoms with Crippen molar-refractivity contribution in [3.8, 4) is 0 Å². The molecule has 0 bridgehead atoms. The fourth-order valence-electron chi connectivity index (χ4n) is 1.95. The Kier molecular flexibility index (Phi) is 3.59. The van der Waals surface area contributed by atoms with Gasteiger partial charge in [0, 0.05) is 15.8 Å². The maximum atomic E-state index is 11.8. The summed E-state index contributed by atoms with van der Waals surface area (Å²) in [6, 6.07) is 0. The van der Waals surface area contributed by atoms with E-state index in [1.165, 1.54) is 23.3 Å². The predicted molar refractivity (Wildman–Crippen MR) is 66.7 cm³/mol. The summed E-state index contributed by atoms with van der Waals surface area (Å²) in [4.78, 5) is 14.1. The van der Waals surface area contributed by atoms with Gasteiger partial charge in [0.15, 0.2) is 5.78 Å². The van der Waals surface area contributed by atoms with E-state index >= 15 is 0 Å². The smallest absolute Gasteiger partial charge is 0.175 e. The van der Waals surface area contributed by atoms with Crippen LogP contribution in [0.25, 0.3) is 0 Å². The lowest BCUT2D eigenvalue weighted by Crippen LogP contribution is -2.07. The number of fused-ring (bicyclic) bond motifs is 1. The van der Waals surface area contributed by atoms with Crippen LogP contribution in [0.3, 0.4) is 0 Å². The summed E-state index contributed by atoms with van der Waals surface area (Å²) in [5.74, 6) is 0.184. The predicted octanol–water partition coefficient (Wildman–Crippen LogP) is 2.92. The lowest BCUT2D eigenvalue weighted by atomic mass is 9.99. The van der Waals surface area contributed by atoms with Crippen molar-refractivity contribution in [3.63, 3.8) is 0 Å². The third-order valence-electron chi connectivity index (χ3n) is 2.73. The molecule has 0 aliphatic heterocycles. The van der Waals surface area contributed by atoms with Crippen molar-refractivity contribution in [2.24, 2.45) is 5.73 Å². The van der Waals surface area contributed by atoms with Crippen LogP contribution in [-0.2, 0) is 12.8 Å². The molecule has 2 rings (SSSR count). The van der Waals surface area contributed by atoms with Gasteiger partial charge in [0.25, 0.3) is 0 Å². The number of hydrogen-bond donors (Lipinski definition) is 1. The molecule has 0 saturated carbocycles. The van der Waals surface area contributed by atoms with Gasteiger partial charge < -0.3 is 5.73 Å². The molecule has 4 heteroatoms. The Bertz CT molecular complexity index is 386. The van der Waals surface area contributed by atoms with Crippen molar-refractivity contribution in [1.82, 2.24) is 0 Å². The van der Waals surface area contributed by atoms with E-state index in [1.807, 2.05) is 0 Å². The summed E-state index contributed by atoms with van der Waals surface area (Å²) in [6.07, 6.45) is 5.20. The molecule has 2 nitrogen and oxygen atoms in total. The number of halogens is 1. The van der Waals surface area contributed by atoms with Crippen LogP contribution in [0.5, 0.6) is 0 Å². The first kappa shape index (κ1) is 11.3. The molecule has 15 heavy (non-hydrogen) atoms. The summed E-state index contributed by atoms with van der Waals surface area (Å²) in [5, 5.41) is 0. The molecular formula is C11H14BrNOS. The fourth-order valence-corrected chi connectivity index (χ4v) is 4.23. The molecule has 0 saturated heterocycles. The number of nitrogens with two attached hydrogens (primary N) is 1. The Morgan fingerprint density at radius 3 is 2.80 bits per heavy atom. The van der Waals surface area contributed by atoms with Crippen molar-refractivity contribution in [3.05, 3.63) is 19.8 Å².